The van der Waals surface area contributed by atoms with Crippen molar-refractivity contribution in [3.8, 4) is 0 Å². The number of aromatic nitrogens is 2. The number of carbonyl (C=O) groups excluding carboxylic acids is 1. The molecular weight excluding hydrogens is 294 g/mol. The molecule has 0 aliphatic carbocycles. The molecule has 2 rings (SSSR count). The van der Waals surface area contributed by atoms with Crippen LogP contribution in [0, 0.1) is 27.7 Å². The average molecular weight is 315 g/mol. The summed E-state index contributed by atoms with van der Waals surface area (Å²) in [6.07, 6.45) is 0. The number of nitrogens with one attached hydrogen (secondary N) is 1. The molecular formula is C17H21N3OS. The van der Waals surface area contributed by atoms with Crippen LogP contribution in [0.1, 0.15) is 29.4 Å². The summed E-state index contributed by atoms with van der Waals surface area (Å²) in [5.41, 5.74) is 4.99. The van der Waals surface area contributed by atoms with E-state index in [0.717, 1.165) is 22.6 Å². The Kier molecular flexibility index (Phi) is 5.19. The molecule has 0 unspecified atom stereocenters. The van der Waals surface area contributed by atoms with Gasteiger partial charge in [0.05, 0.1) is 5.25 Å². The normalized spacial score (nSPS) is 12.0. The molecule has 0 spiro atoms. The molecule has 1 aromatic heterocycles. The molecule has 2 aromatic rings. The van der Waals surface area contributed by atoms with Crippen LogP contribution in [0.25, 0.3) is 0 Å². The van der Waals surface area contributed by atoms with Gasteiger partial charge in [0.15, 0.2) is 5.16 Å². The lowest BCUT2D eigenvalue weighted by Gasteiger charge is -2.12. The first kappa shape index (κ1) is 16.5. The van der Waals surface area contributed by atoms with Crippen molar-refractivity contribution in [1.82, 2.24) is 9.97 Å². The highest BCUT2D eigenvalue weighted by Gasteiger charge is 2.17. The van der Waals surface area contributed by atoms with Crippen molar-refractivity contribution in [2.75, 3.05) is 5.32 Å². The maximum absolute atomic E-state index is 12.3. The summed E-state index contributed by atoms with van der Waals surface area (Å²) in [4.78, 5) is 21.1. The quantitative estimate of drug-likeness (QED) is 0.688. The van der Waals surface area contributed by atoms with Crippen LogP contribution >= 0.6 is 11.8 Å². The minimum Gasteiger partial charge on any atom is -0.325 e. The maximum atomic E-state index is 12.3. The zero-order valence-corrected chi connectivity index (χ0v) is 14.4. The largest absolute Gasteiger partial charge is 0.325 e. The maximum Gasteiger partial charge on any atom is 0.237 e. The van der Waals surface area contributed by atoms with Gasteiger partial charge in [-0.05, 0) is 52.3 Å². The highest BCUT2D eigenvalue weighted by molar-refractivity contribution is 8.00. The number of aryl methyl sites for hydroxylation is 3. The number of amides is 1. The van der Waals surface area contributed by atoms with E-state index in [0.29, 0.717) is 5.16 Å². The molecule has 4 nitrogen and oxygen atoms in total. The molecule has 1 atom stereocenters. The van der Waals surface area contributed by atoms with Gasteiger partial charge in [-0.3, -0.25) is 4.79 Å². The minimum atomic E-state index is -0.261. The number of benzene rings is 1. The van der Waals surface area contributed by atoms with Gasteiger partial charge in [0.25, 0.3) is 0 Å². The summed E-state index contributed by atoms with van der Waals surface area (Å²) in [7, 11) is 0. The van der Waals surface area contributed by atoms with Gasteiger partial charge in [-0.25, -0.2) is 9.97 Å². The lowest BCUT2D eigenvalue weighted by molar-refractivity contribution is -0.115. The van der Waals surface area contributed by atoms with Crippen molar-refractivity contribution in [2.45, 2.75) is 45.0 Å². The molecule has 0 saturated carbocycles. The third-order valence-electron chi connectivity index (χ3n) is 3.58. The minimum absolute atomic E-state index is 0.0478. The Labute approximate surface area is 135 Å². The SMILES string of the molecule is Cc1ccc(NC(=O)[C@@H](C)Sc2nc(C)c(C)c(C)n2)cc1. The van der Waals surface area contributed by atoms with Crippen LogP contribution in [0.15, 0.2) is 29.4 Å². The van der Waals surface area contributed by atoms with Gasteiger partial charge in [-0.2, -0.15) is 0 Å². The van der Waals surface area contributed by atoms with Gasteiger partial charge >= 0.3 is 0 Å². The van der Waals surface area contributed by atoms with Crippen molar-refractivity contribution in [3.63, 3.8) is 0 Å². The van der Waals surface area contributed by atoms with Gasteiger partial charge < -0.3 is 5.32 Å². The van der Waals surface area contributed by atoms with Crippen LogP contribution in [0.5, 0.6) is 0 Å². The molecule has 0 fully saturated rings. The van der Waals surface area contributed by atoms with Gasteiger partial charge in [-0.15, -0.1) is 0 Å². The summed E-state index contributed by atoms with van der Waals surface area (Å²) in [5.74, 6) is -0.0478. The van der Waals surface area contributed by atoms with E-state index in [1.807, 2.05) is 58.9 Å². The summed E-state index contributed by atoms with van der Waals surface area (Å²) < 4.78 is 0. The lowest BCUT2D eigenvalue weighted by Crippen LogP contribution is -2.22. The Balaban J connectivity index is 2.03. The Morgan fingerprint density at radius 2 is 1.59 bits per heavy atom. The Morgan fingerprint density at radius 3 is 2.14 bits per heavy atom. The van der Waals surface area contributed by atoms with E-state index in [1.165, 1.54) is 17.3 Å². The number of thioether (sulfide) groups is 1. The second-order valence-corrected chi connectivity index (χ2v) is 6.73. The second kappa shape index (κ2) is 6.92. The van der Waals surface area contributed by atoms with Crippen LogP contribution in [0.3, 0.4) is 0 Å². The Hall–Kier alpha value is -1.88. The van der Waals surface area contributed by atoms with Crippen molar-refractivity contribution in [3.05, 3.63) is 46.8 Å². The molecule has 0 saturated heterocycles. The van der Waals surface area contributed by atoms with E-state index in [9.17, 15) is 4.79 Å². The highest BCUT2D eigenvalue weighted by atomic mass is 32.2. The van der Waals surface area contributed by atoms with Crippen LogP contribution < -0.4 is 5.32 Å². The average Bonchev–Trinajstić information content (AvgIpc) is 2.47. The molecule has 1 amide bonds. The van der Waals surface area contributed by atoms with Crippen molar-refractivity contribution < 1.29 is 4.79 Å². The smallest absolute Gasteiger partial charge is 0.237 e. The van der Waals surface area contributed by atoms with Crippen molar-refractivity contribution >= 4 is 23.4 Å². The van der Waals surface area contributed by atoms with Gasteiger partial charge in [-0.1, -0.05) is 29.5 Å². The summed E-state index contributed by atoms with van der Waals surface area (Å²) >= 11 is 1.38. The van der Waals surface area contributed by atoms with Gasteiger partial charge in [0, 0.05) is 17.1 Å². The molecule has 22 heavy (non-hydrogen) atoms. The first-order chi connectivity index (χ1) is 10.4. The van der Waals surface area contributed by atoms with Crippen molar-refractivity contribution in [2.24, 2.45) is 0 Å². The zero-order valence-electron chi connectivity index (χ0n) is 13.6. The number of hydrogen-bond donors (Lipinski definition) is 1. The predicted octanol–water partition coefficient (Wildman–Crippen LogP) is 3.83. The number of nitrogens with zero attached hydrogens (tertiary/aromatic N) is 2. The molecule has 0 bridgehead atoms. The van der Waals surface area contributed by atoms with Crippen LogP contribution in [-0.4, -0.2) is 21.1 Å². The molecule has 0 aliphatic heterocycles. The molecule has 1 heterocycles. The fourth-order valence-electron chi connectivity index (χ4n) is 1.89. The predicted molar refractivity (Wildman–Crippen MR) is 91.4 cm³/mol. The van der Waals surface area contributed by atoms with Gasteiger partial charge in [0.2, 0.25) is 5.91 Å². The van der Waals surface area contributed by atoms with Gasteiger partial charge in [0.1, 0.15) is 0 Å². The van der Waals surface area contributed by atoms with Crippen LogP contribution in [0.2, 0.25) is 0 Å². The van der Waals surface area contributed by atoms with E-state index >= 15 is 0 Å². The number of anilines is 1. The van der Waals surface area contributed by atoms with Crippen LogP contribution in [0.4, 0.5) is 5.69 Å². The van der Waals surface area contributed by atoms with E-state index in [1.54, 1.807) is 0 Å². The first-order valence-electron chi connectivity index (χ1n) is 7.23. The molecule has 5 heteroatoms. The molecule has 1 N–H and O–H groups in total. The second-order valence-electron chi connectivity index (χ2n) is 5.42. The lowest BCUT2D eigenvalue weighted by atomic mass is 10.2. The Bertz CT molecular complexity index is 660. The number of carbonyl (C=O) groups is 1. The van der Waals surface area contributed by atoms with Crippen molar-refractivity contribution in [1.29, 1.82) is 0 Å². The summed E-state index contributed by atoms with van der Waals surface area (Å²) in [6.45, 7) is 9.81. The molecule has 0 radical (unpaired) electrons. The van der Waals surface area contributed by atoms with E-state index in [-0.39, 0.29) is 11.2 Å². The summed E-state index contributed by atoms with van der Waals surface area (Å²) in [6, 6.07) is 7.76. The fraction of sp³-hybridized carbons (Fsp3) is 0.353. The standard InChI is InChI=1S/C17H21N3OS/c1-10-6-8-15(9-7-10)20-16(21)14(5)22-17-18-12(3)11(2)13(4)19-17/h6-9,14H,1-5H3,(H,20,21)/t14-/m1/s1. The summed E-state index contributed by atoms with van der Waals surface area (Å²) in [5, 5.41) is 3.30. The number of hydrogen-bond acceptors (Lipinski definition) is 4. The fourth-order valence-corrected chi connectivity index (χ4v) is 2.75. The van der Waals surface area contributed by atoms with E-state index in [2.05, 4.69) is 15.3 Å². The topological polar surface area (TPSA) is 54.9 Å². The van der Waals surface area contributed by atoms with E-state index < -0.39 is 0 Å². The third-order valence-corrected chi connectivity index (χ3v) is 4.54. The highest BCUT2D eigenvalue weighted by Crippen LogP contribution is 2.23. The molecule has 1 aromatic carbocycles. The zero-order chi connectivity index (χ0) is 16.3. The first-order valence-corrected chi connectivity index (χ1v) is 8.11. The number of rotatable bonds is 4. The molecule has 116 valence electrons. The monoisotopic (exact) mass is 315 g/mol. The third kappa shape index (κ3) is 4.07. The molecule has 0 aliphatic rings. The Morgan fingerprint density at radius 1 is 1.05 bits per heavy atom. The van der Waals surface area contributed by atoms with Crippen LogP contribution in [-0.2, 0) is 4.79 Å². The van der Waals surface area contributed by atoms with E-state index in [4.69, 9.17) is 0 Å².